The number of hydrogen-bond acceptors (Lipinski definition) is 3. The van der Waals surface area contributed by atoms with Gasteiger partial charge in [0.05, 0.1) is 12.6 Å². The van der Waals surface area contributed by atoms with Crippen molar-refractivity contribution in [2.45, 2.75) is 25.4 Å². The molecule has 1 heterocycles. The number of halogens is 1. The van der Waals surface area contributed by atoms with E-state index in [1.807, 2.05) is 49.4 Å². The third kappa shape index (κ3) is 4.97. The molecular formula is C20H24ClN3O. The van der Waals surface area contributed by atoms with Gasteiger partial charge in [-0.05, 0) is 37.1 Å². The van der Waals surface area contributed by atoms with Gasteiger partial charge in [-0.2, -0.15) is 0 Å². The first-order valence-corrected chi connectivity index (χ1v) is 9.07. The summed E-state index contributed by atoms with van der Waals surface area (Å²) in [7, 11) is 0. The smallest absolute Gasteiger partial charge is 0.234 e. The van der Waals surface area contributed by atoms with Gasteiger partial charge in [0.15, 0.2) is 0 Å². The van der Waals surface area contributed by atoms with Gasteiger partial charge in [-0.15, -0.1) is 0 Å². The van der Waals surface area contributed by atoms with Gasteiger partial charge in [0.2, 0.25) is 5.91 Å². The maximum absolute atomic E-state index is 12.3. The van der Waals surface area contributed by atoms with E-state index in [0.717, 1.165) is 30.8 Å². The quantitative estimate of drug-likeness (QED) is 0.828. The lowest BCUT2D eigenvalue weighted by Crippen LogP contribution is -2.38. The zero-order valence-corrected chi connectivity index (χ0v) is 15.2. The van der Waals surface area contributed by atoms with Crippen molar-refractivity contribution in [3.8, 4) is 0 Å². The minimum Gasteiger partial charge on any atom is -0.381 e. The molecule has 0 spiro atoms. The van der Waals surface area contributed by atoms with Crippen LogP contribution in [0.1, 0.15) is 24.9 Å². The monoisotopic (exact) mass is 357 g/mol. The van der Waals surface area contributed by atoms with Crippen molar-refractivity contribution in [1.82, 2.24) is 10.2 Å². The first kappa shape index (κ1) is 17.8. The summed E-state index contributed by atoms with van der Waals surface area (Å²) in [6.45, 7) is 4.19. The predicted octanol–water partition coefficient (Wildman–Crippen LogP) is 3.70. The largest absolute Gasteiger partial charge is 0.381 e. The molecule has 0 radical (unpaired) electrons. The summed E-state index contributed by atoms with van der Waals surface area (Å²) in [4.78, 5) is 14.5. The summed E-state index contributed by atoms with van der Waals surface area (Å²) >= 11 is 6.20. The van der Waals surface area contributed by atoms with Crippen LogP contribution in [-0.2, 0) is 4.79 Å². The molecule has 2 aromatic carbocycles. The van der Waals surface area contributed by atoms with E-state index in [-0.39, 0.29) is 11.9 Å². The van der Waals surface area contributed by atoms with Crippen LogP contribution in [-0.4, -0.2) is 36.5 Å². The molecule has 2 aromatic rings. The second kappa shape index (κ2) is 8.37. The van der Waals surface area contributed by atoms with Crippen molar-refractivity contribution < 1.29 is 4.79 Å². The minimum absolute atomic E-state index is 0.0350. The van der Waals surface area contributed by atoms with Gasteiger partial charge < -0.3 is 10.6 Å². The van der Waals surface area contributed by atoms with Crippen molar-refractivity contribution in [1.29, 1.82) is 0 Å². The normalized spacial score (nSPS) is 18.7. The fraction of sp³-hybridized carbons (Fsp3) is 0.350. The van der Waals surface area contributed by atoms with E-state index in [0.29, 0.717) is 17.6 Å². The molecule has 0 aromatic heterocycles. The van der Waals surface area contributed by atoms with Crippen LogP contribution in [0.4, 0.5) is 5.69 Å². The van der Waals surface area contributed by atoms with Crippen molar-refractivity contribution in [2.24, 2.45) is 0 Å². The third-order valence-corrected chi connectivity index (χ3v) is 4.88. The number of nitrogens with zero attached hydrogens (tertiary/aromatic N) is 1. The van der Waals surface area contributed by atoms with Crippen LogP contribution in [0, 0.1) is 0 Å². The number of amides is 1. The molecule has 25 heavy (non-hydrogen) atoms. The lowest BCUT2D eigenvalue weighted by atomic mass is 10.1. The van der Waals surface area contributed by atoms with Gasteiger partial charge >= 0.3 is 0 Å². The SMILES string of the molecule is C[C@H](NC(=O)CN1CC[C@@H](Nc2ccccc2)C1)c1ccccc1Cl. The molecule has 1 saturated heterocycles. The van der Waals surface area contributed by atoms with E-state index in [9.17, 15) is 4.79 Å². The van der Waals surface area contributed by atoms with Gasteiger partial charge in [0, 0.05) is 29.8 Å². The van der Waals surface area contributed by atoms with E-state index in [2.05, 4.69) is 27.7 Å². The van der Waals surface area contributed by atoms with Crippen molar-refractivity contribution in [3.63, 3.8) is 0 Å². The number of nitrogens with one attached hydrogen (secondary N) is 2. The average molecular weight is 358 g/mol. The molecule has 132 valence electrons. The molecule has 1 fully saturated rings. The average Bonchev–Trinajstić information content (AvgIpc) is 3.02. The Kier molecular flexibility index (Phi) is 5.95. The summed E-state index contributed by atoms with van der Waals surface area (Å²) < 4.78 is 0. The van der Waals surface area contributed by atoms with Crippen LogP contribution in [0.3, 0.4) is 0 Å². The lowest BCUT2D eigenvalue weighted by Gasteiger charge is -2.20. The molecule has 1 amide bonds. The molecule has 2 N–H and O–H groups in total. The molecule has 3 rings (SSSR count). The summed E-state index contributed by atoms with van der Waals surface area (Å²) in [5.41, 5.74) is 2.08. The molecule has 1 aliphatic rings. The number of likely N-dealkylation sites (tertiary alicyclic amines) is 1. The van der Waals surface area contributed by atoms with Crippen molar-refractivity contribution >= 4 is 23.2 Å². The molecule has 1 aliphatic heterocycles. The van der Waals surface area contributed by atoms with Gasteiger partial charge in [0.1, 0.15) is 0 Å². The molecule has 0 bridgehead atoms. The Balaban J connectivity index is 1.46. The maximum Gasteiger partial charge on any atom is 0.234 e. The first-order valence-electron chi connectivity index (χ1n) is 8.69. The lowest BCUT2D eigenvalue weighted by molar-refractivity contribution is -0.122. The molecule has 4 nitrogen and oxygen atoms in total. The maximum atomic E-state index is 12.3. The second-order valence-corrected chi connectivity index (χ2v) is 6.95. The van der Waals surface area contributed by atoms with Crippen LogP contribution in [0.15, 0.2) is 54.6 Å². The topological polar surface area (TPSA) is 44.4 Å². The van der Waals surface area contributed by atoms with E-state index in [1.54, 1.807) is 0 Å². The van der Waals surface area contributed by atoms with Crippen LogP contribution in [0.5, 0.6) is 0 Å². The van der Waals surface area contributed by atoms with Crippen LogP contribution < -0.4 is 10.6 Å². The zero-order valence-electron chi connectivity index (χ0n) is 14.4. The molecule has 2 atom stereocenters. The van der Waals surface area contributed by atoms with Gasteiger partial charge in [-0.1, -0.05) is 48.0 Å². The Labute approximate surface area is 154 Å². The number of carbonyl (C=O) groups is 1. The fourth-order valence-corrected chi connectivity index (χ4v) is 3.56. The highest BCUT2D eigenvalue weighted by atomic mass is 35.5. The van der Waals surface area contributed by atoms with E-state index in [4.69, 9.17) is 11.6 Å². The molecule has 0 unspecified atom stereocenters. The Bertz CT molecular complexity index is 707. The van der Waals surface area contributed by atoms with Crippen molar-refractivity contribution in [2.75, 3.05) is 25.0 Å². The van der Waals surface area contributed by atoms with Crippen LogP contribution in [0.25, 0.3) is 0 Å². The van der Waals surface area contributed by atoms with Gasteiger partial charge in [-0.3, -0.25) is 9.69 Å². The van der Waals surface area contributed by atoms with E-state index >= 15 is 0 Å². The summed E-state index contributed by atoms with van der Waals surface area (Å²) in [6, 6.07) is 18.1. The highest BCUT2D eigenvalue weighted by molar-refractivity contribution is 6.31. The summed E-state index contributed by atoms with van der Waals surface area (Å²) in [5, 5.41) is 7.25. The number of carbonyl (C=O) groups excluding carboxylic acids is 1. The Morgan fingerprint density at radius 2 is 1.92 bits per heavy atom. The molecular weight excluding hydrogens is 334 g/mol. The van der Waals surface area contributed by atoms with Crippen LogP contribution in [0.2, 0.25) is 5.02 Å². The zero-order chi connectivity index (χ0) is 17.6. The van der Waals surface area contributed by atoms with Crippen LogP contribution >= 0.6 is 11.6 Å². The molecule has 5 heteroatoms. The summed E-state index contributed by atoms with van der Waals surface area (Å²) in [5.74, 6) is 0.0350. The molecule has 0 saturated carbocycles. The standard InChI is InChI=1S/C20H24ClN3O/c1-15(18-9-5-6-10-19(18)21)22-20(25)14-24-12-11-17(13-24)23-16-7-3-2-4-8-16/h2-10,15,17,23H,11-14H2,1H3,(H,22,25)/t15-,17+/m0/s1. The Morgan fingerprint density at radius 3 is 2.68 bits per heavy atom. The van der Waals surface area contributed by atoms with E-state index in [1.165, 1.54) is 0 Å². The summed E-state index contributed by atoms with van der Waals surface area (Å²) in [6.07, 6.45) is 1.04. The number of para-hydroxylation sites is 1. The third-order valence-electron chi connectivity index (χ3n) is 4.53. The number of anilines is 1. The second-order valence-electron chi connectivity index (χ2n) is 6.54. The molecule has 0 aliphatic carbocycles. The highest BCUT2D eigenvalue weighted by Gasteiger charge is 2.24. The Hall–Kier alpha value is -2.04. The predicted molar refractivity (Wildman–Crippen MR) is 103 cm³/mol. The fourth-order valence-electron chi connectivity index (χ4n) is 3.26. The van der Waals surface area contributed by atoms with Gasteiger partial charge in [0.25, 0.3) is 0 Å². The minimum atomic E-state index is -0.0953. The number of rotatable bonds is 6. The van der Waals surface area contributed by atoms with Crippen molar-refractivity contribution in [3.05, 3.63) is 65.2 Å². The Morgan fingerprint density at radius 1 is 1.20 bits per heavy atom. The number of benzene rings is 2. The highest BCUT2D eigenvalue weighted by Crippen LogP contribution is 2.22. The number of hydrogen-bond donors (Lipinski definition) is 2. The first-order chi connectivity index (χ1) is 12.1. The van der Waals surface area contributed by atoms with E-state index < -0.39 is 0 Å². The van der Waals surface area contributed by atoms with Gasteiger partial charge in [-0.25, -0.2) is 0 Å².